The van der Waals surface area contributed by atoms with Crippen molar-refractivity contribution in [3.8, 4) is 0 Å². The van der Waals surface area contributed by atoms with E-state index in [1.165, 1.54) is 0 Å². The van der Waals surface area contributed by atoms with Crippen LogP contribution in [0.25, 0.3) is 0 Å². The van der Waals surface area contributed by atoms with E-state index in [9.17, 15) is 5.11 Å². The van der Waals surface area contributed by atoms with E-state index in [-0.39, 0.29) is 0 Å². The van der Waals surface area contributed by atoms with E-state index in [0.29, 0.717) is 19.1 Å². The molecule has 0 saturated heterocycles. The lowest BCUT2D eigenvalue weighted by Crippen LogP contribution is -2.49. The molecule has 0 aliphatic heterocycles. The van der Waals surface area contributed by atoms with Gasteiger partial charge in [0, 0.05) is 41.0 Å². The molecule has 7 heteroatoms. The lowest BCUT2D eigenvalue weighted by molar-refractivity contribution is -0.0432. The van der Waals surface area contributed by atoms with Crippen LogP contribution in [0.15, 0.2) is 0 Å². The topological polar surface area (TPSA) is 69.2 Å². The van der Waals surface area contributed by atoms with Crippen LogP contribution < -0.4 is 5.32 Å². The van der Waals surface area contributed by atoms with Crippen molar-refractivity contribution in [2.24, 2.45) is 5.92 Å². The Kier molecular flexibility index (Phi) is 8.33. The molecule has 0 bridgehead atoms. The van der Waals surface area contributed by atoms with Crippen molar-refractivity contribution < 1.29 is 23.1 Å². The monoisotopic (exact) mass is 321 g/mol. The Bertz CT molecular complexity index is 272. The predicted octanol–water partition coefficient (Wildman–Crippen LogP) is 1.37. The van der Waals surface area contributed by atoms with Crippen LogP contribution in [0.4, 0.5) is 0 Å². The molecule has 0 aromatic carbocycles. The summed E-state index contributed by atoms with van der Waals surface area (Å²) in [6, 6.07) is 0.830. The molecule has 21 heavy (non-hydrogen) atoms. The van der Waals surface area contributed by atoms with Crippen molar-refractivity contribution >= 4 is 8.80 Å². The Morgan fingerprint density at radius 3 is 2.14 bits per heavy atom. The summed E-state index contributed by atoms with van der Waals surface area (Å²) >= 11 is 0. The van der Waals surface area contributed by atoms with E-state index in [1.54, 1.807) is 28.4 Å². The summed E-state index contributed by atoms with van der Waals surface area (Å²) in [4.78, 5) is 0. The molecule has 126 valence electrons. The largest absolute Gasteiger partial charge is 0.500 e. The molecule has 0 radical (unpaired) electrons. The third-order valence-electron chi connectivity index (χ3n) is 4.48. The SMILES string of the molecule is COCCNC1(O)CCC(CC[Si](OC)(OC)OC)CC1. The summed E-state index contributed by atoms with van der Waals surface area (Å²) < 4.78 is 21.4. The minimum atomic E-state index is -2.46. The Morgan fingerprint density at radius 2 is 1.67 bits per heavy atom. The molecular weight excluding hydrogens is 290 g/mol. The van der Waals surface area contributed by atoms with Crippen LogP contribution in [0.2, 0.25) is 6.04 Å². The van der Waals surface area contributed by atoms with Gasteiger partial charge in [-0.05, 0) is 38.0 Å². The van der Waals surface area contributed by atoms with Gasteiger partial charge in [0.05, 0.1) is 6.61 Å². The first-order valence-electron chi connectivity index (χ1n) is 7.65. The van der Waals surface area contributed by atoms with Gasteiger partial charge in [-0.1, -0.05) is 0 Å². The van der Waals surface area contributed by atoms with Crippen LogP contribution in [0, 0.1) is 5.92 Å². The van der Waals surface area contributed by atoms with Gasteiger partial charge >= 0.3 is 8.80 Å². The van der Waals surface area contributed by atoms with Gasteiger partial charge in [-0.25, -0.2) is 0 Å². The number of rotatable bonds is 10. The first-order chi connectivity index (χ1) is 10.0. The highest BCUT2D eigenvalue weighted by Crippen LogP contribution is 2.34. The third kappa shape index (κ3) is 5.94. The average Bonchev–Trinajstić information content (AvgIpc) is 2.51. The summed E-state index contributed by atoms with van der Waals surface area (Å²) in [5, 5.41) is 13.6. The summed E-state index contributed by atoms with van der Waals surface area (Å²) in [7, 11) is 4.16. The van der Waals surface area contributed by atoms with E-state index >= 15 is 0 Å². The number of methoxy groups -OCH3 is 1. The maximum absolute atomic E-state index is 10.5. The molecule has 0 atom stereocenters. The molecule has 2 N–H and O–H groups in total. The van der Waals surface area contributed by atoms with Gasteiger partial charge in [-0.2, -0.15) is 0 Å². The van der Waals surface area contributed by atoms with Crippen LogP contribution in [0.3, 0.4) is 0 Å². The fourth-order valence-corrected chi connectivity index (χ4v) is 4.82. The summed E-state index contributed by atoms with van der Waals surface area (Å²) in [5.74, 6) is 0.599. The Balaban J connectivity index is 2.32. The fourth-order valence-electron chi connectivity index (χ4n) is 2.94. The van der Waals surface area contributed by atoms with Gasteiger partial charge in [0.15, 0.2) is 0 Å². The quantitative estimate of drug-likeness (QED) is 0.360. The Hall–Kier alpha value is -0.0231. The highest BCUT2D eigenvalue weighted by Gasteiger charge is 2.39. The minimum absolute atomic E-state index is 0.599. The van der Waals surface area contributed by atoms with Crippen molar-refractivity contribution in [3.63, 3.8) is 0 Å². The molecule has 0 unspecified atom stereocenters. The minimum Gasteiger partial charge on any atom is -0.383 e. The highest BCUT2D eigenvalue weighted by atomic mass is 28.4. The van der Waals surface area contributed by atoms with Crippen molar-refractivity contribution in [1.82, 2.24) is 5.32 Å². The smallest absolute Gasteiger partial charge is 0.383 e. The molecule has 1 fully saturated rings. The van der Waals surface area contributed by atoms with Crippen LogP contribution in [0.1, 0.15) is 32.1 Å². The standard InChI is InChI=1S/C14H31NO5Si/c1-17-11-10-15-14(16)8-5-13(6-9-14)7-12-21(18-2,19-3)20-4/h13,15-16H,5-12H2,1-4H3. The van der Waals surface area contributed by atoms with Gasteiger partial charge in [0.2, 0.25) is 0 Å². The second-order valence-corrected chi connectivity index (χ2v) is 8.82. The molecule has 0 aromatic rings. The number of hydrogen-bond donors (Lipinski definition) is 2. The van der Waals surface area contributed by atoms with Crippen molar-refractivity contribution in [3.05, 3.63) is 0 Å². The number of ether oxygens (including phenoxy) is 1. The van der Waals surface area contributed by atoms with Crippen LogP contribution >= 0.6 is 0 Å². The molecule has 1 aliphatic carbocycles. The molecule has 6 nitrogen and oxygen atoms in total. The molecule has 0 heterocycles. The number of nitrogens with one attached hydrogen (secondary N) is 1. The number of hydrogen-bond acceptors (Lipinski definition) is 6. The first kappa shape index (κ1) is 19.0. The van der Waals surface area contributed by atoms with Gasteiger partial charge in [-0.15, -0.1) is 0 Å². The van der Waals surface area contributed by atoms with E-state index in [0.717, 1.165) is 38.1 Å². The zero-order chi connectivity index (χ0) is 15.8. The number of aliphatic hydroxyl groups is 1. The molecule has 1 rings (SSSR count). The zero-order valence-corrected chi connectivity index (χ0v) is 14.8. The molecule has 1 aliphatic rings. The summed E-state index contributed by atoms with van der Waals surface area (Å²) in [5.41, 5.74) is -0.729. The first-order valence-corrected chi connectivity index (χ1v) is 9.58. The van der Waals surface area contributed by atoms with E-state index in [1.807, 2.05) is 0 Å². The van der Waals surface area contributed by atoms with Crippen molar-refractivity contribution in [2.45, 2.75) is 43.9 Å². The van der Waals surface area contributed by atoms with E-state index in [2.05, 4.69) is 5.32 Å². The van der Waals surface area contributed by atoms with Crippen molar-refractivity contribution in [1.29, 1.82) is 0 Å². The highest BCUT2D eigenvalue weighted by molar-refractivity contribution is 6.60. The lowest BCUT2D eigenvalue weighted by Gasteiger charge is -2.37. The van der Waals surface area contributed by atoms with Crippen molar-refractivity contribution in [2.75, 3.05) is 41.6 Å². The van der Waals surface area contributed by atoms with E-state index < -0.39 is 14.5 Å². The van der Waals surface area contributed by atoms with Gasteiger partial charge in [0.25, 0.3) is 0 Å². The van der Waals surface area contributed by atoms with Gasteiger partial charge < -0.3 is 23.1 Å². The van der Waals surface area contributed by atoms with E-state index in [4.69, 9.17) is 18.0 Å². The van der Waals surface area contributed by atoms with Gasteiger partial charge in [0.1, 0.15) is 5.72 Å². The molecule has 1 saturated carbocycles. The molecule has 0 aromatic heterocycles. The van der Waals surface area contributed by atoms with Crippen LogP contribution in [-0.2, 0) is 18.0 Å². The second kappa shape index (κ2) is 9.19. The van der Waals surface area contributed by atoms with Gasteiger partial charge in [-0.3, -0.25) is 5.32 Å². The third-order valence-corrected chi connectivity index (χ3v) is 7.25. The second-order valence-electron chi connectivity index (χ2n) is 5.73. The molecule has 0 amide bonds. The molecule has 0 spiro atoms. The fraction of sp³-hybridized carbons (Fsp3) is 1.00. The molecular formula is C14H31NO5Si. The maximum Gasteiger partial charge on any atom is 0.500 e. The zero-order valence-electron chi connectivity index (χ0n) is 13.8. The Labute approximate surface area is 129 Å². The Morgan fingerprint density at radius 1 is 1.10 bits per heavy atom. The summed E-state index contributed by atoms with van der Waals surface area (Å²) in [6.45, 7) is 1.31. The van der Waals surface area contributed by atoms with Crippen LogP contribution in [-0.4, -0.2) is 61.2 Å². The maximum atomic E-state index is 10.5. The normalized spacial score (nSPS) is 27.0. The average molecular weight is 321 g/mol. The summed E-state index contributed by atoms with van der Waals surface area (Å²) in [6.07, 6.45) is 4.61. The predicted molar refractivity (Wildman–Crippen MR) is 83.0 cm³/mol. The lowest BCUT2D eigenvalue weighted by atomic mass is 9.82. The van der Waals surface area contributed by atoms with Crippen LogP contribution in [0.5, 0.6) is 0 Å².